The maximum atomic E-state index is 11.1. The molecule has 0 saturated carbocycles. The third-order valence-corrected chi connectivity index (χ3v) is 4.14. The van der Waals surface area contributed by atoms with Crippen LogP contribution in [0.4, 0.5) is 10.5 Å². The molecule has 3 heterocycles. The van der Waals surface area contributed by atoms with Gasteiger partial charge in [0.05, 0.1) is 5.69 Å². The number of rotatable bonds is 4. The van der Waals surface area contributed by atoms with Crippen LogP contribution in [0.1, 0.15) is 12.8 Å². The van der Waals surface area contributed by atoms with Crippen LogP contribution in [0.3, 0.4) is 0 Å². The maximum absolute atomic E-state index is 11.1. The first-order valence-electron chi connectivity index (χ1n) is 7.79. The summed E-state index contributed by atoms with van der Waals surface area (Å²) in [6.07, 6.45) is 8.30. The zero-order chi connectivity index (χ0) is 16.1. The summed E-state index contributed by atoms with van der Waals surface area (Å²) in [6.45, 7) is 2.00. The van der Waals surface area contributed by atoms with Gasteiger partial charge in [-0.25, -0.2) is 4.79 Å². The Kier molecular flexibility index (Phi) is 4.71. The SMILES string of the molecule is O=C(O)N1CCCC(CNc2cncc(-c3ccncc3)c2)C1. The molecule has 6 nitrogen and oxygen atoms in total. The number of anilines is 1. The quantitative estimate of drug-likeness (QED) is 0.907. The molecule has 23 heavy (non-hydrogen) atoms. The Bertz CT molecular complexity index is 663. The van der Waals surface area contributed by atoms with Crippen molar-refractivity contribution in [3.8, 4) is 11.1 Å². The third-order valence-electron chi connectivity index (χ3n) is 4.14. The predicted octanol–water partition coefficient (Wildman–Crippen LogP) is 2.95. The minimum atomic E-state index is -0.823. The fourth-order valence-corrected chi connectivity index (χ4v) is 2.91. The summed E-state index contributed by atoms with van der Waals surface area (Å²) in [5.74, 6) is 0.337. The molecule has 0 bridgehead atoms. The molecule has 6 heteroatoms. The van der Waals surface area contributed by atoms with E-state index >= 15 is 0 Å². The monoisotopic (exact) mass is 312 g/mol. The topological polar surface area (TPSA) is 78.4 Å². The molecule has 1 aliphatic rings. The van der Waals surface area contributed by atoms with Crippen molar-refractivity contribution in [2.75, 3.05) is 25.0 Å². The van der Waals surface area contributed by atoms with E-state index in [9.17, 15) is 4.79 Å². The molecule has 0 radical (unpaired) electrons. The molecule has 1 atom stereocenters. The first kappa shape index (κ1) is 15.3. The fourth-order valence-electron chi connectivity index (χ4n) is 2.91. The van der Waals surface area contributed by atoms with E-state index in [2.05, 4.69) is 21.4 Å². The standard InChI is InChI=1S/C17H20N4O2/c22-17(23)21-7-1-2-13(12-21)9-20-16-8-15(10-19-11-16)14-3-5-18-6-4-14/h3-6,8,10-11,13,20H,1-2,7,9,12H2,(H,22,23). The average Bonchev–Trinajstić information content (AvgIpc) is 2.61. The Hall–Kier alpha value is -2.63. The molecule has 1 aliphatic heterocycles. The van der Waals surface area contributed by atoms with Crippen LogP contribution in [0.15, 0.2) is 43.0 Å². The molecular weight excluding hydrogens is 292 g/mol. The van der Waals surface area contributed by atoms with Crippen LogP contribution in [-0.4, -0.2) is 45.7 Å². The molecule has 3 rings (SSSR count). The Morgan fingerprint density at radius 1 is 1.26 bits per heavy atom. The van der Waals surface area contributed by atoms with Crippen molar-refractivity contribution >= 4 is 11.8 Å². The lowest BCUT2D eigenvalue weighted by atomic mass is 9.98. The van der Waals surface area contributed by atoms with E-state index in [1.165, 1.54) is 4.90 Å². The van der Waals surface area contributed by atoms with Crippen LogP contribution in [0.25, 0.3) is 11.1 Å². The van der Waals surface area contributed by atoms with Gasteiger partial charge in [-0.15, -0.1) is 0 Å². The zero-order valence-corrected chi connectivity index (χ0v) is 12.9. The summed E-state index contributed by atoms with van der Waals surface area (Å²) in [5.41, 5.74) is 3.06. The van der Waals surface area contributed by atoms with Crippen LogP contribution in [-0.2, 0) is 0 Å². The van der Waals surface area contributed by atoms with Gasteiger partial charge in [0.25, 0.3) is 0 Å². The first-order valence-corrected chi connectivity index (χ1v) is 7.79. The molecule has 0 aliphatic carbocycles. The van der Waals surface area contributed by atoms with Gasteiger partial charge in [-0.1, -0.05) is 0 Å². The molecule has 120 valence electrons. The van der Waals surface area contributed by atoms with Gasteiger partial charge in [0.1, 0.15) is 0 Å². The Morgan fingerprint density at radius 3 is 2.87 bits per heavy atom. The maximum Gasteiger partial charge on any atom is 0.407 e. The molecule has 1 unspecified atom stereocenters. The van der Waals surface area contributed by atoms with Crippen molar-refractivity contribution in [1.82, 2.24) is 14.9 Å². The highest BCUT2D eigenvalue weighted by Gasteiger charge is 2.22. The summed E-state index contributed by atoms with van der Waals surface area (Å²) >= 11 is 0. The first-order chi connectivity index (χ1) is 11.2. The Labute approximate surface area is 135 Å². The zero-order valence-electron chi connectivity index (χ0n) is 12.9. The highest BCUT2D eigenvalue weighted by atomic mass is 16.4. The minimum Gasteiger partial charge on any atom is -0.465 e. The molecular formula is C17H20N4O2. The second-order valence-corrected chi connectivity index (χ2v) is 5.82. The lowest BCUT2D eigenvalue weighted by Gasteiger charge is -2.30. The van der Waals surface area contributed by atoms with E-state index in [0.717, 1.165) is 36.2 Å². The van der Waals surface area contributed by atoms with Crippen LogP contribution in [0.2, 0.25) is 0 Å². The Morgan fingerprint density at radius 2 is 2.09 bits per heavy atom. The van der Waals surface area contributed by atoms with E-state index in [1.54, 1.807) is 18.6 Å². The van der Waals surface area contributed by atoms with Crippen LogP contribution in [0, 0.1) is 5.92 Å². The number of likely N-dealkylation sites (tertiary alicyclic amines) is 1. The van der Waals surface area contributed by atoms with E-state index in [1.807, 2.05) is 18.3 Å². The van der Waals surface area contributed by atoms with Gasteiger partial charge in [0.2, 0.25) is 0 Å². The smallest absolute Gasteiger partial charge is 0.407 e. The molecule has 2 N–H and O–H groups in total. The number of hydrogen-bond donors (Lipinski definition) is 2. The minimum absolute atomic E-state index is 0.337. The Balaban J connectivity index is 1.61. The third kappa shape index (κ3) is 3.97. The number of piperidine rings is 1. The second kappa shape index (κ2) is 7.09. The van der Waals surface area contributed by atoms with Gasteiger partial charge >= 0.3 is 6.09 Å². The molecule has 1 fully saturated rings. The number of aromatic nitrogens is 2. The number of amides is 1. The molecule has 2 aromatic heterocycles. The van der Waals surface area contributed by atoms with Gasteiger partial charge in [-0.05, 0) is 42.5 Å². The van der Waals surface area contributed by atoms with E-state index < -0.39 is 6.09 Å². The summed E-state index contributed by atoms with van der Waals surface area (Å²) in [6, 6.07) is 5.96. The van der Waals surface area contributed by atoms with Crippen molar-refractivity contribution in [2.45, 2.75) is 12.8 Å². The second-order valence-electron chi connectivity index (χ2n) is 5.82. The lowest BCUT2D eigenvalue weighted by Crippen LogP contribution is -2.41. The normalized spacial score (nSPS) is 17.7. The summed E-state index contributed by atoms with van der Waals surface area (Å²) in [4.78, 5) is 20.9. The van der Waals surface area contributed by atoms with Crippen molar-refractivity contribution in [1.29, 1.82) is 0 Å². The largest absolute Gasteiger partial charge is 0.465 e. The molecule has 1 amide bonds. The number of nitrogens with one attached hydrogen (secondary N) is 1. The highest BCUT2D eigenvalue weighted by molar-refractivity contribution is 5.66. The van der Waals surface area contributed by atoms with Crippen LogP contribution < -0.4 is 5.32 Å². The highest BCUT2D eigenvalue weighted by Crippen LogP contribution is 2.22. The van der Waals surface area contributed by atoms with Crippen LogP contribution in [0.5, 0.6) is 0 Å². The van der Waals surface area contributed by atoms with E-state index in [-0.39, 0.29) is 0 Å². The summed E-state index contributed by atoms with van der Waals surface area (Å²) in [5, 5.41) is 12.5. The van der Waals surface area contributed by atoms with Crippen LogP contribution >= 0.6 is 0 Å². The van der Waals surface area contributed by atoms with Gasteiger partial charge in [-0.2, -0.15) is 0 Å². The molecule has 0 aromatic carbocycles. The summed E-state index contributed by atoms with van der Waals surface area (Å²) in [7, 11) is 0. The van der Waals surface area contributed by atoms with Gasteiger partial charge in [0.15, 0.2) is 0 Å². The predicted molar refractivity (Wildman–Crippen MR) is 88.3 cm³/mol. The van der Waals surface area contributed by atoms with Gasteiger partial charge < -0.3 is 15.3 Å². The van der Waals surface area contributed by atoms with Crippen molar-refractivity contribution in [2.24, 2.45) is 5.92 Å². The number of nitrogens with zero attached hydrogens (tertiary/aromatic N) is 3. The van der Waals surface area contributed by atoms with Crippen molar-refractivity contribution < 1.29 is 9.90 Å². The average molecular weight is 312 g/mol. The van der Waals surface area contributed by atoms with Crippen molar-refractivity contribution in [3.05, 3.63) is 43.0 Å². The number of carboxylic acid groups (broad SMARTS) is 1. The van der Waals surface area contributed by atoms with Gasteiger partial charge in [-0.3, -0.25) is 9.97 Å². The van der Waals surface area contributed by atoms with E-state index in [4.69, 9.17) is 5.11 Å². The van der Waals surface area contributed by atoms with Crippen molar-refractivity contribution in [3.63, 3.8) is 0 Å². The molecule has 0 spiro atoms. The number of carbonyl (C=O) groups is 1. The summed E-state index contributed by atoms with van der Waals surface area (Å²) < 4.78 is 0. The lowest BCUT2D eigenvalue weighted by molar-refractivity contribution is 0.122. The van der Waals surface area contributed by atoms with Gasteiger partial charge in [0, 0.05) is 50.0 Å². The van der Waals surface area contributed by atoms with E-state index in [0.29, 0.717) is 19.0 Å². The molecule has 1 saturated heterocycles. The fraction of sp³-hybridized carbons (Fsp3) is 0.353. The molecule has 2 aromatic rings. The number of pyridine rings is 2. The number of hydrogen-bond acceptors (Lipinski definition) is 4.